The van der Waals surface area contributed by atoms with Gasteiger partial charge in [0.25, 0.3) is 0 Å². The van der Waals surface area contributed by atoms with E-state index in [0.29, 0.717) is 12.2 Å². The maximum absolute atomic E-state index is 11.7. The summed E-state index contributed by atoms with van der Waals surface area (Å²) in [5, 5.41) is 0.795. The van der Waals surface area contributed by atoms with E-state index >= 15 is 0 Å². The van der Waals surface area contributed by atoms with Crippen molar-refractivity contribution in [1.29, 1.82) is 0 Å². The minimum atomic E-state index is -0.0461. The minimum Gasteiger partial charge on any atom is -0.300 e. The molecule has 0 unspecified atom stereocenters. The fourth-order valence-electron chi connectivity index (χ4n) is 2.97. The number of halogens is 1. The molecular weight excluding hydrogens is 220 g/mol. The molecule has 2 aliphatic rings. The summed E-state index contributed by atoms with van der Waals surface area (Å²) >= 11 is 6.17. The molecule has 1 aromatic carbocycles. The third-order valence-corrected chi connectivity index (χ3v) is 4.08. The van der Waals surface area contributed by atoms with Crippen LogP contribution in [0, 0.1) is 0 Å². The predicted molar refractivity (Wildman–Crippen MR) is 65.6 cm³/mol. The number of rotatable bonds is 0. The van der Waals surface area contributed by atoms with E-state index < -0.39 is 0 Å². The van der Waals surface area contributed by atoms with Crippen LogP contribution in [-0.4, -0.2) is 5.78 Å². The Hall–Kier alpha value is -1.08. The Morgan fingerprint density at radius 1 is 1.31 bits per heavy atom. The Morgan fingerprint density at radius 2 is 2.19 bits per heavy atom. The fourth-order valence-corrected chi connectivity index (χ4v) is 3.21. The molecule has 1 aromatic rings. The average Bonchev–Trinajstić information content (AvgIpc) is 2.59. The van der Waals surface area contributed by atoms with Crippen molar-refractivity contribution in [3.8, 4) is 0 Å². The van der Waals surface area contributed by atoms with Crippen molar-refractivity contribution in [3.05, 3.63) is 40.4 Å². The molecule has 0 aromatic heterocycles. The van der Waals surface area contributed by atoms with Crippen molar-refractivity contribution in [2.24, 2.45) is 0 Å². The van der Waals surface area contributed by atoms with Gasteiger partial charge in [0.15, 0.2) is 0 Å². The zero-order valence-corrected chi connectivity index (χ0v) is 9.76. The minimum absolute atomic E-state index is 0.0461. The van der Waals surface area contributed by atoms with Crippen molar-refractivity contribution in [2.45, 2.75) is 31.1 Å². The molecule has 0 heterocycles. The zero-order valence-electron chi connectivity index (χ0n) is 9.00. The highest BCUT2D eigenvalue weighted by Gasteiger charge is 2.39. The van der Waals surface area contributed by atoms with Crippen molar-refractivity contribution < 1.29 is 4.79 Å². The number of ketones is 1. The van der Waals surface area contributed by atoms with Crippen molar-refractivity contribution in [3.63, 3.8) is 0 Å². The SMILES string of the molecule is O=C1CCC[C@]2(C=Cc3c(Cl)cccc32)C1. The first kappa shape index (κ1) is 10.1. The van der Waals surface area contributed by atoms with E-state index in [1.165, 1.54) is 5.56 Å². The molecule has 0 N–H and O–H groups in total. The quantitative estimate of drug-likeness (QED) is 0.666. The number of hydrogen-bond acceptors (Lipinski definition) is 1. The summed E-state index contributed by atoms with van der Waals surface area (Å²) in [6.45, 7) is 0. The van der Waals surface area contributed by atoms with E-state index in [1.807, 2.05) is 12.1 Å². The third-order valence-electron chi connectivity index (χ3n) is 3.75. The third kappa shape index (κ3) is 1.35. The first-order valence-corrected chi connectivity index (χ1v) is 6.09. The van der Waals surface area contributed by atoms with E-state index in [9.17, 15) is 4.79 Å². The molecule has 1 saturated carbocycles. The van der Waals surface area contributed by atoms with Crippen molar-refractivity contribution >= 4 is 23.5 Å². The molecule has 3 rings (SSSR count). The van der Waals surface area contributed by atoms with Crippen LogP contribution in [-0.2, 0) is 10.2 Å². The van der Waals surface area contributed by atoms with Gasteiger partial charge in [-0.25, -0.2) is 0 Å². The standard InChI is InChI=1S/C14H13ClO/c15-13-5-1-4-12-11(13)6-8-14(12)7-2-3-10(16)9-14/h1,4-6,8H,2-3,7,9H2/t14-/m0/s1. The first-order valence-electron chi connectivity index (χ1n) is 5.71. The van der Waals surface area contributed by atoms with Gasteiger partial charge in [-0.1, -0.05) is 35.9 Å². The number of allylic oxidation sites excluding steroid dienone is 1. The lowest BCUT2D eigenvalue weighted by Crippen LogP contribution is -2.29. The number of carbonyl (C=O) groups excluding carboxylic acids is 1. The lowest BCUT2D eigenvalue weighted by Gasteiger charge is -2.32. The molecule has 1 atom stereocenters. The van der Waals surface area contributed by atoms with Crippen LogP contribution in [0.3, 0.4) is 0 Å². The van der Waals surface area contributed by atoms with Gasteiger partial charge in [-0.2, -0.15) is 0 Å². The van der Waals surface area contributed by atoms with E-state index in [4.69, 9.17) is 11.6 Å². The van der Waals surface area contributed by atoms with Gasteiger partial charge in [0.2, 0.25) is 0 Å². The highest BCUT2D eigenvalue weighted by atomic mass is 35.5. The number of fused-ring (bicyclic) bond motifs is 2. The molecule has 0 bridgehead atoms. The second-order valence-corrected chi connectivity index (χ2v) is 5.17. The van der Waals surface area contributed by atoms with Gasteiger partial charge in [0.05, 0.1) is 0 Å². The molecular formula is C14H13ClO. The summed E-state index contributed by atoms with van der Waals surface area (Å²) in [6.07, 6.45) is 7.72. The second-order valence-electron chi connectivity index (χ2n) is 4.76. The Bertz CT molecular complexity index is 490. The van der Waals surface area contributed by atoms with Gasteiger partial charge < -0.3 is 0 Å². The molecule has 0 saturated heterocycles. The maximum Gasteiger partial charge on any atom is 0.134 e. The summed E-state index contributed by atoms with van der Waals surface area (Å²) in [7, 11) is 0. The molecule has 1 nitrogen and oxygen atoms in total. The molecule has 0 aliphatic heterocycles. The Morgan fingerprint density at radius 3 is 3.00 bits per heavy atom. The molecule has 1 spiro atoms. The molecule has 0 radical (unpaired) electrons. The van der Waals surface area contributed by atoms with Crippen molar-refractivity contribution in [2.75, 3.05) is 0 Å². The van der Waals surface area contributed by atoms with Crippen LogP contribution in [0.2, 0.25) is 5.02 Å². The average molecular weight is 233 g/mol. The Labute approximate surface area is 100 Å². The van der Waals surface area contributed by atoms with Crippen LogP contribution in [0.25, 0.3) is 6.08 Å². The normalized spacial score (nSPS) is 27.4. The summed E-state index contributed by atoms with van der Waals surface area (Å²) in [6, 6.07) is 6.00. The lowest BCUT2D eigenvalue weighted by molar-refractivity contribution is -0.121. The van der Waals surface area contributed by atoms with Crippen LogP contribution in [0.15, 0.2) is 24.3 Å². The largest absolute Gasteiger partial charge is 0.300 e. The van der Waals surface area contributed by atoms with Gasteiger partial charge in [0.1, 0.15) is 5.78 Å². The lowest BCUT2D eigenvalue weighted by atomic mass is 9.70. The van der Waals surface area contributed by atoms with Crippen LogP contribution in [0.4, 0.5) is 0 Å². The van der Waals surface area contributed by atoms with E-state index in [1.54, 1.807) is 0 Å². The van der Waals surface area contributed by atoms with Crippen LogP contribution in [0.5, 0.6) is 0 Å². The van der Waals surface area contributed by atoms with E-state index in [-0.39, 0.29) is 5.41 Å². The van der Waals surface area contributed by atoms with Gasteiger partial charge in [-0.3, -0.25) is 4.79 Å². The summed E-state index contributed by atoms with van der Waals surface area (Å²) in [5.74, 6) is 0.378. The highest BCUT2D eigenvalue weighted by Crippen LogP contribution is 2.46. The molecule has 2 heteroatoms. The molecule has 82 valence electrons. The Kier molecular flexibility index (Phi) is 2.18. The monoisotopic (exact) mass is 232 g/mol. The maximum atomic E-state index is 11.7. The van der Waals surface area contributed by atoms with Gasteiger partial charge in [0, 0.05) is 23.3 Å². The fraction of sp³-hybridized carbons (Fsp3) is 0.357. The van der Waals surface area contributed by atoms with Crippen LogP contribution >= 0.6 is 11.6 Å². The zero-order chi connectivity index (χ0) is 11.2. The van der Waals surface area contributed by atoms with Gasteiger partial charge in [-0.15, -0.1) is 0 Å². The first-order chi connectivity index (χ1) is 7.71. The van der Waals surface area contributed by atoms with Crippen LogP contribution in [0.1, 0.15) is 36.8 Å². The topological polar surface area (TPSA) is 17.1 Å². The number of benzene rings is 1. The second kappa shape index (κ2) is 3.46. The predicted octanol–water partition coefficient (Wildman–Crippen LogP) is 3.75. The smallest absolute Gasteiger partial charge is 0.134 e. The Balaban J connectivity index is 2.11. The van der Waals surface area contributed by atoms with Crippen molar-refractivity contribution in [1.82, 2.24) is 0 Å². The highest BCUT2D eigenvalue weighted by molar-refractivity contribution is 6.32. The van der Waals surface area contributed by atoms with Gasteiger partial charge >= 0.3 is 0 Å². The summed E-state index contributed by atoms with van der Waals surface area (Å²) in [5.41, 5.74) is 2.31. The van der Waals surface area contributed by atoms with Gasteiger partial charge in [-0.05, 0) is 30.0 Å². The van der Waals surface area contributed by atoms with E-state index in [0.717, 1.165) is 29.8 Å². The van der Waals surface area contributed by atoms with E-state index in [2.05, 4.69) is 18.2 Å². The summed E-state index contributed by atoms with van der Waals surface area (Å²) < 4.78 is 0. The molecule has 0 amide bonds. The van der Waals surface area contributed by atoms with Crippen LogP contribution < -0.4 is 0 Å². The molecule has 1 fully saturated rings. The summed E-state index contributed by atoms with van der Waals surface area (Å²) in [4.78, 5) is 11.7. The number of carbonyl (C=O) groups is 1. The number of hydrogen-bond donors (Lipinski definition) is 0. The number of Topliss-reactive ketones (excluding diaryl/α,β-unsaturated/α-hetero) is 1. The molecule has 16 heavy (non-hydrogen) atoms. The molecule has 2 aliphatic carbocycles.